The number of halogens is 1. The highest BCUT2D eigenvalue weighted by atomic mass is 32.1. The van der Waals surface area contributed by atoms with Gasteiger partial charge in [0.1, 0.15) is 28.8 Å². The van der Waals surface area contributed by atoms with Crippen LogP contribution in [0.2, 0.25) is 0 Å². The summed E-state index contributed by atoms with van der Waals surface area (Å²) in [6, 6.07) is 14.6. The minimum atomic E-state index is -0.395. The second-order valence-electron chi connectivity index (χ2n) is 5.39. The number of hydrogen-bond acceptors (Lipinski definition) is 5. The SMILES string of the molecule is O=c1ccc2ccc(OCc3csc(-c4ccc(F)cc4)n3)cc2o1. The van der Waals surface area contributed by atoms with Gasteiger partial charge in [0.15, 0.2) is 0 Å². The van der Waals surface area contributed by atoms with Crippen LogP contribution in [0.15, 0.2) is 69.2 Å². The number of benzene rings is 2. The Labute approximate surface area is 146 Å². The first-order chi connectivity index (χ1) is 12.2. The van der Waals surface area contributed by atoms with Crippen molar-refractivity contribution in [3.05, 3.63) is 81.9 Å². The van der Waals surface area contributed by atoms with Crippen molar-refractivity contribution >= 4 is 22.3 Å². The van der Waals surface area contributed by atoms with E-state index in [4.69, 9.17) is 9.15 Å². The highest BCUT2D eigenvalue weighted by Crippen LogP contribution is 2.25. The van der Waals surface area contributed by atoms with E-state index in [1.165, 1.54) is 29.5 Å². The van der Waals surface area contributed by atoms with Gasteiger partial charge in [0.25, 0.3) is 0 Å². The van der Waals surface area contributed by atoms with Gasteiger partial charge in [-0.2, -0.15) is 0 Å². The molecule has 0 fully saturated rings. The van der Waals surface area contributed by atoms with Crippen molar-refractivity contribution in [2.75, 3.05) is 0 Å². The van der Waals surface area contributed by atoms with Gasteiger partial charge in [0.05, 0.1) is 5.69 Å². The highest BCUT2D eigenvalue weighted by molar-refractivity contribution is 7.13. The van der Waals surface area contributed by atoms with Gasteiger partial charge in [0, 0.05) is 28.5 Å². The molecule has 2 heterocycles. The second kappa shape index (κ2) is 6.49. The van der Waals surface area contributed by atoms with Crippen molar-refractivity contribution in [1.29, 1.82) is 0 Å². The van der Waals surface area contributed by atoms with E-state index in [-0.39, 0.29) is 5.82 Å². The lowest BCUT2D eigenvalue weighted by Gasteiger charge is -2.05. The molecule has 0 atom stereocenters. The van der Waals surface area contributed by atoms with Crippen LogP contribution in [0.5, 0.6) is 5.75 Å². The van der Waals surface area contributed by atoms with Crippen LogP contribution < -0.4 is 10.4 Å². The van der Waals surface area contributed by atoms with Gasteiger partial charge in [-0.3, -0.25) is 0 Å². The van der Waals surface area contributed by atoms with Crippen molar-refractivity contribution in [2.45, 2.75) is 6.61 Å². The van der Waals surface area contributed by atoms with Crippen LogP contribution in [0.25, 0.3) is 21.5 Å². The van der Waals surface area contributed by atoms with E-state index in [9.17, 15) is 9.18 Å². The fourth-order valence-corrected chi connectivity index (χ4v) is 3.20. The van der Waals surface area contributed by atoms with E-state index < -0.39 is 5.63 Å². The minimum absolute atomic E-state index is 0.271. The van der Waals surface area contributed by atoms with Crippen molar-refractivity contribution in [3.63, 3.8) is 0 Å². The number of fused-ring (bicyclic) bond motifs is 1. The Balaban J connectivity index is 1.50. The number of nitrogens with zero attached hydrogens (tertiary/aromatic N) is 1. The zero-order valence-corrected chi connectivity index (χ0v) is 13.8. The minimum Gasteiger partial charge on any atom is -0.487 e. The van der Waals surface area contributed by atoms with Crippen molar-refractivity contribution in [1.82, 2.24) is 4.98 Å². The molecule has 0 aliphatic carbocycles. The summed E-state index contributed by atoms with van der Waals surface area (Å²) in [5.41, 5.74) is 1.73. The summed E-state index contributed by atoms with van der Waals surface area (Å²) in [6.45, 7) is 0.292. The molecule has 0 bridgehead atoms. The Morgan fingerprint density at radius 1 is 1.08 bits per heavy atom. The smallest absolute Gasteiger partial charge is 0.336 e. The van der Waals surface area contributed by atoms with Gasteiger partial charge in [-0.15, -0.1) is 11.3 Å². The lowest BCUT2D eigenvalue weighted by atomic mass is 10.2. The molecule has 124 valence electrons. The third-order valence-electron chi connectivity index (χ3n) is 3.62. The lowest BCUT2D eigenvalue weighted by Crippen LogP contribution is -1.97. The monoisotopic (exact) mass is 353 g/mol. The van der Waals surface area contributed by atoms with Gasteiger partial charge in [-0.25, -0.2) is 14.2 Å². The fourth-order valence-electron chi connectivity index (χ4n) is 2.39. The van der Waals surface area contributed by atoms with Crippen LogP contribution in [-0.4, -0.2) is 4.98 Å². The highest BCUT2D eigenvalue weighted by Gasteiger charge is 2.07. The topological polar surface area (TPSA) is 52.3 Å². The number of ether oxygens (including phenoxy) is 1. The van der Waals surface area contributed by atoms with Crippen LogP contribution in [0.3, 0.4) is 0 Å². The zero-order chi connectivity index (χ0) is 17.2. The largest absolute Gasteiger partial charge is 0.487 e. The summed E-state index contributed by atoms with van der Waals surface area (Å²) < 4.78 is 23.9. The molecule has 0 aliphatic rings. The molecule has 4 aromatic rings. The Hall–Kier alpha value is -2.99. The van der Waals surface area contributed by atoms with Crippen LogP contribution in [0.4, 0.5) is 4.39 Å². The first kappa shape index (κ1) is 15.5. The molecule has 0 N–H and O–H groups in total. The van der Waals surface area contributed by atoms with Gasteiger partial charge >= 0.3 is 5.63 Å². The van der Waals surface area contributed by atoms with Gasteiger partial charge in [-0.1, -0.05) is 0 Å². The van der Waals surface area contributed by atoms with Crippen molar-refractivity contribution in [3.8, 4) is 16.3 Å². The summed E-state index contributed by atoms with van der Waals surface area (Å²) in [7, 11) is 0. The fraction of sp³-hybridized carbons (Fsp3) is 0.0526. The average molecular weight is 353 g/mol. The molecular formula is C19H12FNO3S. The van der Waals surface area contributed by atoms with E-state index in [0.29, 0.717) is 17.9 Å². The Morgan fingerprint density at radius 3 is 2.72 bits per heavy atom. The van der Waals surface area contributed by atoms with Crippen LogP contribution in [0.1, 0.15) is 5.69 Å². The Kier molecular flexibility index (Phi) is 4.03. The van der Waals surface area contributed by atoms with Crippen LogP contribution in [0, 0.1) is 5.82 Å². The van der Waals surface area contributed by atoms with Gasteiger partial charge < -0.3 is 9.15 Å². The predicted molar refractivity (Wildman–Crippen MR) is 94.3 cm³/mol. The molecule has 0 spiro atoms. The molecule has 0 saturated carbocycles. The molecule has 25 heavy (non-hydrogen) atoms. The molecule has 0 amide bonds. The summed E-state index contributed by atoms with van der Waals surface area (Å²) in [6.07, 6.45) is 0. The molecule has 0 radical (unpaired) electrons. The standard InChI is InChI=1S/C19H12FNO3S/c20-14-5-1-13(2-6-14)19-21-15(11-25-19)10-23-16-7-3-12-4-8-18(22)24-17(12)9-16/h1-9,11H,10H2. The summed E-state index contributed by atoms with van der Waals surface area (Å²) >= 11 is 1.47. The Bertz CT molecular complexity index is 1090. The van der Waals surface area contributed by atoms with E-state index in [0.717, 1.165) is 21.7 Å². The molecule has 6 heteroatoms. The van der Waals surface area contributed by atoms with Crippen molar-refractivity contribution < 1.29 is 13.5 Å². The third-order valence-corrected chi connectivity index (χ3v) is 4.56. The normalized spacial score (nSPS) is 10.9. The van der Waals surface area contributed by atoms with E-state index in [2.05, 4.69) is 4.98 Å². The van der Waals surface area contributed by atoms with Crippen molar-refractivity contribution in [2.24, 2.45) is 0 Å². The second-order valence-corrected chi connectivity index (χ2v) is 6.25. The van der Waals surface area contributed by atoms with Gasteiger partial charge in [0.2, 0.25) is 0 Å². The summed E-state index contributed by atoms with van der Waals surface area (Å²) in [5, 5.41) is 3.54. The number of rotatable bonds is 4. The summed E-state index contributed by atoms with van der Waals surface area (Å²) in [4.78, 5) is 15.8. The molecule has 4 nitrogen and oxygen atoms in total. The third kappa shape index (κ3) is 3.44. The Morgan fingerprint density at radius 2 is 1.88 bits per heavy atom. The molecule has 0 saturated heterocycles. The maximum atomic E-state index is 13.0. The molecule has 4 rings (SSSR count). The van der Waals surface area contributed by atoms with E-state index in [1.54, 1.807) is 24.3 Å². The zero-order valence-electron chi connectivity index (χ0n) is 12.9. The first-order valence-corrected chi connectivity index (χ1v) is 8.42. The molecule has 2 aromatic heterocycles. The molecule has 2 aromatic carbocycles. The predicted octanol–water partition coefficient (Wildman–Crippen LogP) is 4.63. The van der Waals surface area contributed by atoms with Crippen LogP contribution >= 0.6 is 11.3 Å². The quantitative estimate of drug-likeness (QED) is 0.502. The number of hydrogen-bond donors (Lipinski definition) is 0. The first-order valence-electron chi connectivity index (χ1n) is 7.54. The van der Waals surface area contributed by atoms with Crippen LogP contribution in [-0.2, 0) is 6.61 Å². The lowest BCUT2D eigenvalue weighted by molar-refractivity contribution is 0.302. The van der Waals surface area contributed by atoms with Gasteiger partial charge in [-0.05, 0) is 42.5 Å². The number of thiazole rings is 1. The average Bonchev–Trinajstić information content (AvgIpc) is 3.09. The van der Waals surface area contributed by atoms with E-state index in [1.807, 2.05) is 17.5 Å². The summed E-state index contributed by atoms with van der Waals surface area (Å²) in [5.74, 6) is 0.324. The molecular weight excluding hydrogens is 341 g/mol. The molecule has 0 unspecified atom stereocenters. The number of aromatic nitrogens is 1. The molecule has 0 aliphatic heterocycles. The maximum Gasteiger partial charge on any atom is 0.336 e. The maximum absolute atomic E-state index is 13.0. The van der Waals surface area contributed by atoms with E-state index >= 15 is 0 Å².